The zero-order chi connectivity index (χ0) is 21.7. The molecule has 1 amide bonds. The number of rotatable bonds is 8. The van der Waals surface area contributed by atoms with Gasteiger partial charge in [-0.3, -0.25) is 4.79 Å². The van der Waals surface area contributed by atoms with Crippen molar-refractivity contribution in [1.29, 1.82) is 0 Å². The Hall–Kier alpha value is -3.68. The third-order valence-corrected chi connectivity index (χ3v) is 4.68. The summed E-state index contributed by atoms with van der Waals surface area (Å²) in [5.41, 5.74) is 2.27. The standard InChI is InChI=1S/C22H24N2O6/c1-13-20(21(30-24-13)14-6-8-15(26-2)9-7-14)22(25)23-12-17-18(28-4)10-16(27-3)11-19(17)29-5/h6-11H,12H2,1-5H3,(H,23,25). The van der Waals surface area contributed by atoms with Gasteiger partial charge < -0.3 is 28.8 Å². The van der Waals surface area contributed by atoms with Crippen molar-refractivity contribution in [3.8, 4) is 34.3 Å². The number of nitrogens with one attached hydrogen (secondary N) is 1. The maximum atomic E-state index is 13.0. The highest BCUT2D eigenvalue weighted by molar-refractivity contribution is 6.00. The second kappa shape index (κ2) is 9.21. The van der Waals surface area contributed by atoms with Crippen molar-refractivity contribution in [2.75, 3.05) is 28.4 Å². The van der Waals surface area contributed by atoms with Gasteiger partial charge in [-0.2, -0.15) is 0 Å². The Morgan fingerprint density at radius 1 is 0.933 bits per heavy atom. The SMILES string of the molecule is COc1ccc(-c2onc(C)c2C(=O)NCc2c(OC)cc(OC)cc2OC)cc1. The lowest BCUT2D eigenvalue weighted by Crippen LogP contribution is -2.24. The summed E-state index contributed by atoms with van der Waals surface area (Å²) in [4.78, 5) is 13.0. The lowest BCUT2D eigenvalue weighted by Gasteiger charge is -2.15. The number of amides is 1. The van der Waals surface area contributed by atoms with E-state index in [4.69, 9.17) is 23.5 Å². The number of benzene rings is 2. The maximum absolute atomic E-state index is 13.0. The van der Waals surface area contributed by atoms with Crippen LogP contribution in [-0.4, -0.2) is 39.5 Å². The van der Waals surface area contributed by atoms with Crippen LogP contribution in [0, 0.1) is 6.92 Å². The fourth-order valence-corrected chi connectivity index (χ4v) is 3.09. The first kappa shape index (κ1) is 21.0. The third-order valence-electron chi connectivity index (χ3n) is 4.68. The summed E-state index contributed by atoms with van der Waals surface area (Å²) >= 11 is 0. The van der Waals surface area contributed by atoms with E-state index in [9.17, 15) is 4.79 Å². The van der Waals surface area contributed by atoms with Gasteiger partial charge in [0.1, 0.15) is 28.6 Å². The van der Waals surface area contributed by atoms with E-state index in [1.54, 1.807) is 59.6 Å². The highest BCUT2D eigenvalue weighted by Gasteiger charge is 2.23. The molecule has 8 heteroatoms. The van der Waals surface area contributed by atoms with Gasteiger partial charge in [0.25, 0.3) is 5.91 Å². The van der Waals surface area contributed by atoms with E-state index in [2.05, 4.69) is 10.5 Å². The Labute approximate surface area is 174 Å². The molecule has 0 saturated heterocycles. The van der Waals surface area contributed by atoms with Gasteiger partial charge in [0, 0.05) is 17.7 Å². The number of aryl methyl sites for hydroxylation is 1. The van der Waals surface area contributed by atoms with Crippen LogP contribution in [0.5, 0.6) is 23.0 Å². The molecule has 3 aromatic rings. The Bertz CT molecular complexity index is 1000. The molecule has 1 heterocycles. The summed E-state index contributed by atoms with van der Waals surface area (Å²) in [7, 11) is 6.25. The lowest BCUT2D eigenvalue weighted by molar-refractivity contribution is 0.0950. The second-order valence-electron chi connectivity index (χ2n) is 6.39. The van der Waals surface area contributed by atoms with Crippen LogP contribution in [0.4, 0.5) is 0 Å². The molecular formula is C22H24N2O6. The summed E-state index contributed by atoms with van der Waals surface area (Å²) in [6.45, 7) is 1.90. The van der Waals surface area contributed by atoms with Gasteiger partial charge in [-0.1, -0.05) is 5.16 Å². The fraction of sp³-hybridized carbons (Fsp3) is 0.273. The van der Waals surface area contributed by atoms with Crippen molar-refractivity contribution in [2.24, 2.45) is 0 Å². The Morgan fingerprint density at radius 2 is 1.53 bits per heavy atom. The van der Waals surface area contributed by atoms with Gasteiger partial charge in [0.05, 0.1) is 46.2 Å². The number of nitrogens with zero attached hydrogens (tertiary/aromatic N) is 1. The van der Waals surface area contributed by atoms with E-state index < -0.39 is 0 Å². The molecule has 0 aliphatic heterocycles. The lowest BCUT2D eigenvalue weighted by atomic mass is 10.1. The summed E-state index contributed by atoms with van der Waals surface area (Å²) < 4.78 is 26.7. The molecule has 0 fully saturated rings. The molecule has 0 spiro atoms. The van der Waals surface area contributed by atoms with Crippen LogP contribution < -0.4 is 24.3 Å². The summed E-state index contributed by atoms with van der Waals surface area (Å²) in [5, 5.41) is 6.87. The quantitative estimate of drug-likeness (QED) is 0.604. The Kier molecular flexibility index (Phi) is 6.46. The highest BCUT2D eigenvalue weighted by Crippen LogP contribution is 2.34. The molecule has 0 radical (unpaired) electrons. The van der Waals surface area contributed by atoms with Gasteiger partial charge in [-0.15, -0.1) is 0 Å². The second-order valence-corrected chi connectivity index (χ2v) is 6.39. The van der Waals surface area contributed by atoms with Crippen molar-refractivity contribution in [2.45, 2.75) is 13.5 Å². The van der Waals surface area contributed by atoms with Crippen LogP contribution in [0.2, 0.25) is 0 Å². The molecule has 1 N–H and O–H groups in total. The predicted molar refractivity (Wildman–Crippen MR) is 110 cm³/mol. The van der Waals surface area contributed by atoms with Gasteiger partial charge in [-0.25, -0.2) is 0 Å². The molecule has 0 unspecified atom stereocenters. The molecule has 158 valence electrons. The number of carbonyl (C=O) groups is 1. The smallest absolute Gasteiger partial charge is 0.257 e. The first-order valence-electron chi connectivity index (χ1n) is 9.20. The van der Waals surface area contributed by atoms with E-state index in [1.807, 2.05) is 12.1 Å². The third kappa shape index (κ3) is 4.17. The molecule has 8 nitrogen and oxygen atoms in total. The molecular weight excluding hydrogens is 388 g/mol. The predicted octanol–water partition coefficient (Wildman–Crippen LogP) is 3.61. The van der Waals surface area contributed by atoms with Gasteiger partial charge in [0.15, 0.2) is 5.76 Å². The Morgan fingerprint density at radius 3 is 2.07 bits per heavy atom. The first-order chi connectivity index (χ1) is 14.5. The van der Waals surface area contributed by atoms with E-state index >= 15 is 0 Å². The van der Waals surface area contributed by atoms with Crippen LogP contribution in [-0.2, 0) is 6.54 Å². The number of hydrogen-bond donors (Lipinski definition) is 1. The highest BCUT2D eigenvalue weighted by atomic mass is 16.5. The molecule has 2 aromatic carbocycles. The topological polar surface area (TPSA) is 92.1 Å². The van der Waals surface area contributed by atoms with Gasteiger partial charge >= 0.3 is 0 Å². The summed E-state index contributed by atoms with van der Waals surface area (Å²) in [6, 6.07) is 10.7. The molecule has 1 aromatic heterocycles. The normalized spacial score (nSPS) is 10.4. The van der Waals surface area contributed by atoms with Crippen molar-refractivity contribution in [3.63, 3.8) is 0 Å². The van der Waals surface area contributed by atoms with Crippen LogP contribution in [0.15, 0.2) is 40.9 Å². The van der Waals surface area contributed by atoms with Crippen molar-refractivity contribution in [3.05, 3.63) is 53.2 Å². The molecule has 3 rings (SSSR count). The molecule has 0 bridgehead atoms. The zero-order valence-corrected chi connectivity index (χ0v) is 17.6. The average molecular weight is 412 g/mol. The van der Waals surface area contributed by atoms with Crippen LogP contribution >= 0.6 is 0 Å². The van der Waals surface area contributed by atoms with Crippen LogP contribution in [0.1, 0.15) is 21.6 Å². The monoisotopic (exact) mass is 412 g/mol. The zero-order valence-electron chi connectivity index (χ0n) is 17.6. The molecule has 0 saturated carbocycles. The molecule has 0 atom stereocenters. The number of hydrogen-bond acceptors (Lipinski definition) is 7. The fourth-order valence-electron chi connectivity index (χ4n) is 3.09. The van der Waals surface area contributed by atoms with E-state index in [0.717, 1.165) is 5.56 Å². The van der Waals surface area contributed by atoms with Gasteiger partial charge in [0.2, 0.25) is 0 Å². The maximum Gasteiger partial charge on any atom is 0.257 e. The van der Waals surface area contributed by atoms with E-state index in [-0.39, 0.29) is 12.5 Å². The van der Waals surface area contributed by atoms with E-state index in [0.29, 0.717) is 45.6 Å². The molecule has 0 aliphatic rings. The largest absolute Gasteiger partial charge is 0.497 e. The minimum absolute atomic E-state index is 0.182. The number of carbonyl (C=O) groups excluding carboxylic acids is 1. The van der Waals surface area contributed by atoms with E-state index in [1.165, 1.54) is 0 Å². The number of aromatic nitrogens is 1. The summed E-state index contributed by atoms with van der Waals surface area (Å²) in [6.07, 6.45) is 0. The van der Waals surface area contributed by atoms with Crippen LogP contribution in [0.3, 0.4) is 0 Å². The average Bonchev–Trinajstić information content (AvgIpc) is 3.18. The number of ether oxygens (including phenoxy) is 4. The molecule has 0 aliphatic carbocycles. The Balaban J connectivity index is 1.87. The number of methoxy groups -OCH3 is 4. The van der Waals surface area contributed by atoms with Crippen molar-refractivity contribution < 1.29 is 28.3 Å². The summed E-state index contributed by atoms with van der Waals surface area (Å²) in [5.74, 6) is 2.46. The molecule has 30 heavy (non-hydrogen) atoms. The minimum Gasteiger partial charge on any atom is -0.497 e. The van der Waals surface area contributed by atoms with Gasteiger partial charge in [-0.05, 0) is 31.2 Å². The first-order valence-corrected chi connectivity index (χ1v) is 9.20. The minimum atomic E-state index is -0.320. The van der Waals surface area contributed by atoms with Crippen molar-refractivity contribution in [1.82, 2.24) is 10.5 Å². The van der Waals surface area contributed by atoms with Crippen molar-refractivity contribution >= 4 is 5.91 Å². The van der Waals surface area contributed by atoms with Crippen LogP contribution in [0.25, 0.3) is 11.3 Å².